The second kappa shape index (κ2) is 26.3. The van der Waals surface area contributed by atoms with Crippen LogP contribution in [0.2, 0.25) is 0 Å². The number of unbranched alkanes of at least 4 members (excludes halogenated alkanes) is 1. The third-order valence-electron chi connectivity index (χ3n) is 9.90. The molecule has 0 aromatic rings. The molecule has 0 aromatic carbocycles. The van der Waals surface area contributed by atoms with Gasteiger partial charge in [-0.2, -0.15) is 33.7 Å². The fourth-order valence-corrected chi connectivity index (χ4v) is 7.98. The molecule has 54 heavy (non-hydrogen) atoms. The summed E-state index contributed by atoms with van der Waals surface area (Å²) in [6.45, 7) is 12.9. The van der Waals surface area contributed by atoms with E-state index in [1.165, 1.54) is 0 Å². The van der Waals surface area contributed by atoms with Gasteiger partial charge in [-0.1, -0.05) is 41.0 Å². The summed E-state index contributed by atoms with van der Waals surface area (Å²) in [4.78, 5) is 53.4. The van der Waals surface area contributed by atoms with Gasteiger partial charge in [0.2, 0.25) is 23.6 Å². The first-order valence-electron chi connectivity index (χ1n) is 19.5. The molecule has 17 heteroatoms. The molecule has 0 spiro atoms. The zero-order valence-corrected chi connectivity index (χ0v) is 36.9. The Morgan fingerprint density at radius 1 is 0.778 bits per heavy atom. The second-order valence-electron chi connectivity index (χ2n) is 16.4. The zero-order valence-electron chi connectivity index (χ0n) is 34.3. The lowest BCUT2D eigenvalue weighted by molar-refractivity contribution is -0.890. The van der Waals surface area contributed by atoms with Crippen LogP contribution in [0.25, 0.3) is 0 Å². The SMILES string of the molecule is CCC(C)(CC(C)(CC(C)(C)C(=O)NCCCNC(=O)CCCCC(S)CCS)C(=O)NCCC[N+](C)(C)CCCS(=O)(=O)O)C(=O)NCCOCCN. The molecule has 0 aromatic heterocycles. The fourth-order valence-electron chi connectivity index (χ4n) is 6.66. The molecule has 4 amide bonds. The number of ether oxygens (including phenoxy) is 1. The maximum atomic E-state index is 14.1. The molecule has 0 aliphatic rings. The Labute approximate surface area is 337 Å². The monoisotopic (exact) mass is 827 g/mol. The van der Waals surface area contributed by atoms with E-state index in [1.807, 2.05) is 34.9 Å². The summed E-state index contributed by atoms with van der Waals surface area (Å²) in [6, 6.07) is 0. The van der Waals surface area contributed by atoms with E-state index in [0.29, 0.717) is 101 Å². The van der Waals surface area contributed by atoms with Crippen molar-refractivity contribution in [3.05, 3.63) is 0 Å². The maximum absolute atomic E-state index is 14.1. The Kier molecular flexibility index (Phi) is 25.5. The average Bonchev–Trinajstić information content (AvgIpc) is 3.07. The van der Waals surface area contributed by atoms with Crippen LogP contribution in [0.1, 0.15) is 105 Å². The molecule has 0 radical (unpaired) electrons. The quantitative estimate of drug-likeness (QED) is 0.0217. The molecule has 3 unspecified atom stereocenters. The van der Waals surface area contributed by atoms with Gasteiger partial charge < -0.3 is 36.2 Å². The van der Waals surface area contributed by atoms with Gasteiger partial charge in [-0.25, -0.2) is 0 Å². The second-order valence-corrected chi connectivity index (χ2v) is 19.1. The largest absolute Gasteiger partial charge is 0.378 e. The topological polar surface area (TPSA) is 206 Å². The summed E-state index contributed by atoms with van der Waals surface area (Å²) in [5, 5.41) is 12.2. The Balaban J connectivity index is 5.51. The van der Waals surface area contributed by atoms with Crippen LogP contribution < -0.4 is 27.0 Å². The van der Waals surface area contributed by atoms with Crippen LogP contribution >= 0.6 is 25.3 Å². The Morgan fingerprint density at radius 3 is 1.96 bits per heavy atom. The number of amides is 4. The molecule has 0 aliphatic heterocycles. The minimum atomic E-state index is -4.03. The summed E-state index contributed by atoms with van der Waals surface area (Å²) in [7, 11) is -0.101. The van der Waals surface area contributed by atoms with Gasteiger partial charge in [0.15, 0.2) is 0 Å². The van der Waals surface area contributed by atoms with E-state index in [9.17, 15) is 27.6 Å². The van der Waals surface area contributed by atoms with Crippen LogP contribution in [-0.2, 0) is 34.0 Å². The third kappa shape index (κ3) is 23.4. The lowest BCUT2D eigenvalue weighted by atomic mass is 9.64. The summed E-state index contributed by atoms with van der Waals surface area (Å²) in [6.07, 6.45) is 6.40. The number of nitrogens with zero attached hydrogens (tertiary/aromatic N) is 1. The number of rotatable bonds is 32. The van der Waals surface area contributed by atoms with Crippen molar-refractivity contribution in [2.24, 2.45) is 22.0 Å². The Morgan fingerprint density at radius 2 is 1.35 bits per heavy atom. The number of thiol groups is 2. The molecule has 0 fully saturated rings. The molecule has 318 valence electrons. The molecule has 0 aliphatic carbocycles. The minimum absolute atomic E-state index is 0.0147. The number of nitrogens with two attached hydrogens (primary N) is 1. The van der Waals surface area contributed by atoms with Crippen LogP contribution in [0.5, 0.6) is 0 Å². The van der Waals surface area contributed by atoms with Crippen LogP contribution in [0.4, 0.5) is 0 Å². The number of hydrogen-bond donors (Lipinski definition) is 8. The lowest BCUT2D eigenvalue weighted by Crippen LogP contribution is -2.51. The Bertz CT molecular complexity index is 1240. The van der Waals surface area contributed by atoms with Gasteiger partial charge in [0.1, 0.15) is 0 Å². The average molecular weight is 828 g/mol. The summed E-state index contributed by atoms with van der Waals surface area (Å²) >= 11 is 8.76. The number of carbonyl (C=O) groups excluding carboxylic acids is 4. The highest BCUT2D eigenvalue weighted by molar-refractivity contribution is 7.85. The number of hydrogen-bond acceptors (Lipinski definition) is 10. The van der Waals surface area contributed by atoms with Crippen LogP contribution in [0.15, 0.2) is 0 Å². The summed E-state index contributed by atoms with van der Waals surface area (Å²) in [5.74, 6) is -0.198. The van der Waals surface area contributed by atoms with E-state index in [0.717, 1.165) is 31.4 Å². The molecular weight excluding hydrogens is 753 g/mol. The Hall–Kier alpha value is -1.63. The highest BCUT2D eigenvalue weighted by atomic mass is 32.2. The van der Waals surface area contributed by atoms with E-state index < -0.39 is 26.4 Å². The fraction of sp³-hybridized carbons (Fsp3) is 0.892. The highest BCUT2D eigenvalue weighted by Crippen LogP contribution is 2.44. The third-order valence-corrected chi connectivity index (χ3v) is 11.5. The highest BCUT2D eigenvalue weighted by Gasteiger charge is 2.47. The number of carbonyl (C=O) groups is 4. The van der Waals surface area contributed by atoms with Crippen molar-refractivity contribution in [3.8, 4) is 0 Å². The first kappa shape index (κ1) is 52.4. The van der Waals surface area contributed by atoms with Crippen molar-refractivity contribution < 1.29 is 41.4 Å². The zero-order chi connectivity index (χ0) is 41.5. The molecule has 0 rings (SSSR count). The van der Waals surface area contributed by atoms with Crippen molar-refractivity contribution in [2.75, 3.05) is 84.6 Å². The van der Waals surface area contributed by atoms with Crippen molar-refractivity contribution in [1.82, 2.24) is 21.3 Å². The predicted octanol–water partition coefficient (Wildman–Crippen LogP) is 2.97. The van der Waals surface area contributed by atoms with Crippen molar-refractivity contribution in [1.29, 1.82) is 0 Å². The predicted molar refractivity (Wildman–Crippen MR) is 223 cm³/mol. The van der Waals surface area contributed by atoms with Gasteiger partial charge in [-0.05, 0) is 50.7 Å². The van der Waals surface area contributed by atoms with Gasteiger partial charge in [0.25, 0.3) is 10.1 Å². The van der Waals surface area contributed by atoms with Crippen molar-refractivity contribution in [3.63, 3.8) is 0 Å². The van der Waals surface area contributed by atoms with E-state index in [-0.39, 0.29) is 42.2 Å². The minimum Gasteiger partial charge on any atom is -0.378 e. The van der Waals surface area contributed by atoms with Gasteiger partial charge in [0.05, 0.1) is 46.2 Å². The van der Waals surface area contributed by atoms with Gasteiger partial charge >= 0.3 is 0 Å². The van der Waals surface area contributed by atoms with E-state index in [1.54, 1.807) is 13.8 Å². The van der Waals surface area contributed by atoms with Gasteiger partial charge in [-0.3, -0.25) is 23.7 Å². The lowest BCUT2D eigenvalue weighted by Gasteiger charge is -2.41. The smallest absolute Gasteiger partial charge is 0.265 e. The van der Waals surface area contributed by atoms with Gasteiger partial charge in [-0.15, -0.1) is 0 Å². The maximum Gasteiger partial charge on any atom is 0.265 e. The van der Waals surface area contributed by atoms with E-state index >= 15 is 0 Å². The normalized spacial score (nSPS) is 15.1. The first-order chi connectivity index (χ1) is 25.1. The molecule has 0 heterocycles. The molecule has 0 saturated carbocycles. The first-order valence-corrected chi connectivity index (χ1v) is 22.3. The van der Waals surface area contributed by atoms with Crippen molar-refractivity contribution >= 4 is 59.0 Å². The molecule has 14 nitrogen and oxygen atoms in total. The van der Waals surface area contributed by atoms with Crippen LogP contribution in [0, 0.1) is 16.2 Å². The number of quaternary nitrogens is 1. The van der Waals surface area contributed by atoms with Gasteiger partial charge in [0, 0.05) is 73.5 Å². The summed E-state index contributed by atoms with van der Waals surface area (Å²) in [5.41, 5.74) is 2.49. The molecule has 0 bridgehead atoms. The van der Waals surface area contributed by atoms with Crippen LogP contribution in [-0.4, -0.2) is 131 Å². The van der Waals surface area contributed by atoms with E-state index in [2.05, 4.69) is 46.5 Å². The molecular formula is C37H75N6O8S3+. The van der Waals surface area contributed by atoms with E-state index in [4.69, 9.17) is 15.0 Å². The summed E-state index contributed by atoms with van der Waals surface area (Å²) < 4.78 is 37.2. The molecule has 3 atom stereocenters. The molecule has 0 saturated heterocycles. The van der Waals surface area contributed by atoms with Crippen molar-refractivity contribution in [2.45, 2.75) is 110 Å². The van der Waals surface area contributed by atoms with Crippen LogP contribution in [0.3, 0.4) is 0 Å². The standard InChI is InChI=1S/C37H74N6O8S3/c1-8-36(4,33(46)42-21-25-51-24-17-38)29-37(5,34(47)41-20-12-22-43(6,7)23-13-27-54(48,49)50)28-35(2,3)32(45)40-19-11-18-39-31(44)15-10-9-14-30(53)16-26-52/h30H,8-29,38H2,1-7H3,(H6-,39,40,41,42,44,45,46,47,48,49,50,52,53)/p+1. The number of nitrogens with one attached hydrogen (secondary N) is 4. The molecule has 7 N–H and O–H groups in total.